The third-order valence-electron chi connectivity index (χ3n) is 3.82. The van der Waals surface area contributed by atoms with Crippen LogP contribution in [0.2, 0.25) is 5.02 Å². The van der Waals surface area contributed by atoms with Crippen molar-refractivity contribution < 1.29 is 13.2 Å². The van der Waals surface area contributed by atoms with Crippen LogP contribution >= 0.6 is 11.6 Å². The number of benzene rings is 2. The molecule has 3 rings (SSSR count). The van der Waals surface area contributed by atoms with Gasteiger partial charge in [0.1, 0.15) is 17.5 Å². The molecule has 0 saturated heterocycles. The Morgan fingerprint density at radius 2 is 1.65 bits per heavy atom. The molecule has 3 nitrogen and oxygen atoms in total. The van der Waals surface area contributed by atoms with Gasteiger partial charge in [0.15, 0.2) is 0 Å². The SMILES string of the molecule is N#Cc1c(-c2ccccc2C(F)(F)F)cc(-c2ccc(Cl)cc2)nc1N. The van der Waals surface area contributed by atoms with Crippen LogP contribution in [0.1, 0.15) is 11.1 Å². The van der Waals surface area contributed by atoms with Gasteiger partial charge in [-0.1, -0.05) is 41.9 Å². The van der Waals surface area contributed by atoms with E-state index in [1.54, 1.807) is 24.3 Å². The number of nitriles is 1. The highest BCUT2D eigenvalue weighted by Gasteiger charge is 2.34. The van der Waals surface area contributed by atoms with Crippen LogP contribution in [0.15, 0.2) is 54.6 Å². The van der Waals surface area contributed by atoms with E-state index in [1.807, 2.05) is 6.07 Å². The van der Waals surface area contributed by atoms with Crippen molar-refractivity contribution in [3.05, 3.63) is 70.7 Å². The van der Waals surface area contributed by atoms with E-state index in [9.17, 15) is 18.4 Å². The number of anilines is 1. The van der Waals surface area contributed by atoms with E-state index in [4.69, 9.17) is 17.3 Å². The van der Waals surface area contributed by atoms with Crippen LogP contribution in [0.4, 0.5) is 19.0 Å². The third kappa shape index (κ3) is 3.35. The van der Waals surface area contributed by atoms with Gasteiger partial charge in [0, 0.05) is 16.1 Å². The number of hydrogen-bond acceptors (Lipinski definition) is 3. The van der Waals surface area contributed by atoms with Gasteiger partial charge in [-0.15, -0.1) is 0 Å². The number of alkyl halides is 3. The quantitative estimate of drug-likeness (QED) is 0.641. The van der Waals surface area contributed by atoms with Gasteiger partial charge in [0.2, 0.25) is 0 Å². The first-order chi connectivity index (χ1) is 12.3. The van der Waals surface area contributed by atoms with E-state index in [0.29, 0.717) is 16.3 Å². The first-order valence-corrected chi connectivity index (χ1v) is 7.82. The summed E-state index contributed by atoms with van der Waals surface area (Å²) in [6, 6.07) is 15.0. The largest absolute Gasteiger partial charge is 0.417 e. The van der Waals surface area contributed by atoms with Crippen LogP contribution in [-0.4, -0.2) is 4.98 Å². The molecule has 7 heteroatoms. The highest BCUT2D eigenvalue weighted by Crippen LogP contribution is 2.40. The minimum atomic E-state index is -4.57. The average Bonchev–Trinajstić information content (AvgIpc) is 2.61. The second-order valence-corrected chi connectivity index (χ2v) is 5.91. The fourth-order valence-corrected chi connectivity index (χ4v) is 2.75. The van der Waals surface area contributed by atoms with Crippen molar-refractivity contribution in [3.8, 4) is 28.5 Å². The lowest BCUT2D eigenvalue weighted by Gasteiger charge is -2.15. The summed E-state index contributed by atoms with van der Waals surface area (Å²) in [7, 11) is 0. The standard InChI is InChI=1S/C19H11ClF3N3/c20-12-7-5-11(6-8-12)17-9-14(15(10-24)18(25)26-17)13-3-1-2-4-16(13)19(21,22)23/h1-9H,(H2,25,26). The Labute approximate surface area is 152 Å². The topological polar surface area (TPSA) is 62.7 Å². The fourth-order valence-electron chi connectivity index (χ4n) is 2.63. The monoisotopic (exact) mass is 373 g/mol. The zero-order chi connectivity index (χ0) is 18.9. The molecular formula is C19H11ClF3N3. The summed E-state index contributed by atoms with van der Waals surface area (Å²) >= 11 is 5.86. The molecule has 0 aliphatic heterocycles. The van der Waals surface area contributed by atoms with Crippen LogP contribution in [0.3, 0.4) is 0 Å². The molecule has 0 unspecified atom stereocenters. The van der Waals surface area contributed by atoms with E-state index in [2.05, 4.69) is 4.98 Å². The molecule has 0 spiro atoms. The molecule has 0 amide bonds. The van der Waals surface area contributed by atoms with E-state index in [0.717, 1.165) is 6.07 Å². The molecule has 0 fully saturated rings. The fraction of sp³-hybridized carbons (Fsp3) is 0.0526. The predicted octanol–water partition coefficient (Wildman–Crippen LogP) is 5.54. The molecule has 3 aromatic rings. The van der Waals surface area contributed by atoms with Gasteiger partial charge in [0.05, 0.1) is 11.3 Å². The van der Waals surface area contributed by atoms with E-state index in [-0.39, 0.29) is 22.5 Å². The maximum atomic E-state index is 13.4. The maximum Gasteiger partial charge on any atom is 0.417 e. The van der Waals surface area contributed by atoms with Gasteiger partial charge < -0.3 is 5.73 Å². The van der Waals surface area contributed by atoms with Crippen molar-refractivity contribution in [2.75, 3.05) is 5.73 Å². The van der Waals surface area contributed by atoms with Gasteiger partial charge >= 0.3 is 6.18 Å². The van der Waals surface area contributed by atoms with Crippen molar-refractivity contribution in [2.45, 2.75) is 6.18 Å². The summed E-state index contributed by atoms with van der Waals surface area (Å²) in [5.41, 5.74) is 5.85. The van der Waals surface area contributed by atoms with Gasteiger partial charge in [-0.25, -0.2) is 4.98 Å². The normalized spacial score (nSPS) is 11.2. The Bertz CT molecular complexity index is 1010. The van der Waals surface area contributed by atoms with Crippen LogP contribution in [0, 0.1) is 11.3 Å². The number of nitrogens with two attached hydrogens (primary N) is 1. The van der Waals surface area contributed by atoms with Crippen molar-refractivity contribution >= 4 is 17.4 Å². The number of halogens is 4. The molecule has 130 valence electrons. The summed E-state index contributed by atoms with van der Waals surface area (Å²) in [6.45, 7) is 0. The molecule has 1 heterocycles. The van der Waals surface area contributed by atoms with Crippen LogP contribution in [0.5, 0.6) is 0 Å². The van der Waals surface area contributed by atoms with Crippen molar-refractivity contribution in [1.29, 1.82) is 5.26 Å². The molecule has 0 saturated carbocycles. The Kier molecular flexibility index (Phi) is 4.58. The zero-order valence-electron chi connectivity index (χ0n) is 13.2. The lowest BCUT2D eigenvalue weighted by Crippen LogP contribution is -2.08. The predicted molar refractivity (Wildman–Crippen MR) is 94.2 cm³/mol. The number of nitrogens with zero attached hydrogens (tertiary/aromatic N) is 2. The molecule has 1 aromatic heterocycles. The maximum absolute atomic E-state index is 13.4. The van der Waals surface area contributed by atoms with Crippen molar-refractivity contribution in [2.24, 2.45) is 0 Å². The highest BCUT2D eigenvalue weighted by atomic mass is 35.5. The van der Waals surface area contributed by atoms with Gasteiger partial charge in [-0.3, -0.25) is 0 Å². The molecule has 0 atom stereocenters. The lowest BCUT2D eigenvalue weighted by molar-refractivity contribution is -0.137. The number of pyridine rings is 1. The summed E-state index contributed by atoms with van der Waals surface area (Å²) < 4.78 is 40.2. The molecule has 0 bridgehead atoms. The van der Waals surface area contributed by atoms with Crippen molar-refractivity contribution in [1.82, 2.24) is 4.98 Å². The van der Waals surface area contributed by atoms with E-state index in [1.165, 1.54) is 24.3 Å². The van der Waals surface area contributed by atoms with Gasteiger partial charge in [0.25, 0.3) is 0 Å². The van der Waals surface area contributed by atoms with Gasteiger partial charge in [-0.05, 0) is 29.8 Å². The highest BCUT2D eigenvalue weighted by molar-refractivity contribution is 6.30. The Balaban J connectivity index is 2.28. The van der Waals surface area contributed by atoms with E-state index >= 15 is 0 Å². The molecule has 26 heavy (non-hydrogen) atoms. The third-order valence-corrected chi connectivity index (χ3v) is 4.07. The molecule has 0 aliphatic carbocycles. The second-order valence-electron chi connectivity index (χ2n) is 5.48. The molecule has 0 radical (unpaired) electrons. The first-order valence-electron chi connectivity index (χ1n) is 7.44. The minimum Gasteiger partial charge on any atom is -0.383 e. The lowest BCUT2D eigenvalue weighted by atomic mass is 9.94. The minimum absolute atomic E-state index is 0.0814. The van der Waals surface area contributed by atoms with Crippen LogP contribution < -0.4 is 5.73 Å². The number of aromatic nitrogens is 1. The second kappa shape index (κ2) is 6.70. The molecular weight excluding hydrogens is 363 g/mol. The Morgan fingerprint density at radius 1 is 1.00 bits per heavy atom. The number of nitrogen functional groups attached to an aromatic ring is 1. The summed E-state index contributed by atoms with van der Waals surface area (Å²) in [6.07, 6.45) is -4.57. The first kappa shape index (κ1) is 17.8. The summed E-state index contributed by atoms with van der Waals surface area (Å²) in [5, 5.41) is 9.90. The Morgan fingerprint density at radius 3 is 2.27 bits per heavy atom. The number of hydrogen-bond donors (Lipinski definition) is 1. The number of rotatable bonds is 2. The molecule has 2 N–H and O–H groups in total. The Hall–Kier alpha value is -3.04. The molecule has 0 aliphatic rings. The molecule has 2 aromatic carbocycles. The van der Waals surface area contributed by atoms with Crippen LogP contribution in [-0.2, 0) is 6.18 Å². The summed E-state index contributed by atoms with van der Waals surface area (Å²) in [4.78, 5) is 4.15. The van der Waals surface area contributed by atoms with Gasteiger partial charge in [-0.2, -0.15) is 18.4 Å². The van der Waals surface area contributed by atoms with Crippen molar-refractivity contribution in [3.63, 3.8) is 0 Å². The van der Waals surface area contributed by atoms with E-state index < -0.39 is 11.7 Å². The summed E-state index contributed by atoms with van der Waals surface area (Å²) in [5.74, 6) is -0.132. The average molecular weight is 374 g/mol. The smallest absolute Gasteiger partial charge is 0.383 e. The van der Waals surface area contributed by atoms with Crippen LogP contribution in [0.25, 0.3) is 22.4 Å². The zero-order valence-corrected chi connectivity index (χ0v) is 13.9.